The van der Waals surface area contributed by atoms with Crippen molar-refractivity contribution in [2.75, 3.05) is 0 Å². The van der Waals surface area contributed by atoms with Crippen molar-refractivity contribution in [3.8, 4) is 29.1 Å². The Morgan fingerprint density at radius 2 is 1.70 bits per heavy atom. The van der Waals surface area contributed by atoms with E-state index in [0.29, 0.717) is 11.3 Å². The van der Waals surface area contributed by atoms with Crippen LogP contribution in [0.15, 0.2) is 66.6 Å². The van der Waals surface area contributed by atoms with Gasteiger partial charge in [0.2, 0.25) is 0 Å². The lowest BCUT2D eigenvalue weighted by Crippen LogP contribution is -1.93. The first-order valence-corrected chi connectivity index (χ1v) is 6.89. The van der Waals surface area contributed by atoms with Crippen molar-refractivity contribution in [3.05, 3.63) is 72.2 Å². The van der Waals surface area contributed by atoms with Crippen LogP contribution in [0.4, 0.5) is 0 Å². The third-order valence-corrected chi connectivity index (χ3v) is 3.26. The fourth-order valence-corrected chi connectivity index (χ4v) is 2.19. The molecule has 0 spiro atoms. The van der Waals surface area contributed by atoms with Crippen molar-refractivity contribution < 1.29 is 0 Å². The zero-order chi connectivity index (χ0) is 16.1. The molecule has 3 aromatic rings. The van der Waals surface area contributed by atoms with Gasteiger partial charge in [0, 0.05) is 29.7 Å². The molecule has 1 aromatic carbocycles. The Morgan fingerprint density at radius 3 is 2.35 bits per heavy atom. The van der Waals surface area contributed by atoms with Crippen LogP contribution in [0.5, 0.6) is 0 Å². The van der Waals surface area contributed by atoms with E-state index in [4.69, 9.17) is 10.5 Å². The van der Waals surface area contributed by atoms with Crippen LogP contribution < -0.4 is 0 Å². The molecule has 23 heavy (non-hydrogen) atoms. The molecule has 0 aliphatic carbocycles. The van der Waals surface area contributed by atoms with Gasteiger partial charge in [-0.2, -0.15) is 15.6 Å². The average Bonchev–Trinajstić information content (AvgIpc) is 3.05. The lowest BCUT2D eigenvalue weighted by molar-refractivity contribution is 0.884. The molecule has 5 nitrogen and oxygen atoms in total. The Bertz CT molecular complexity index is 909. The first-order chi connectivity index (χ1) is 11.3. The summed E-state index contributed by atoms with van der Waals surface area (Å²) in [5.74, 6) is 0. The molecule has 0 N–H and O–H groups in total. The minimum atomic E-state index is 0.0351. The Morgan fingerprint density at radius 1 is 1.00 bits per heavy atom. The summed E-state index contributed by atoms with van der Waals surface area (Å²) in [5, 5.41) is 22.6. The number of rotatable bonds is 3. The van der Waals surface area contributed by atoms with Gasteiger partial charge in [0.25, 0.3) is 0 Å². The Hall–Kier alpha value is -3.70. The van der Waals surface area contributed by atoms with E-state index in [1.165, 1.54) is 0 Å². The molecule has 0 atom stereocenters. The van der Waals surface area contributed by atoms with E-state index in [-0.39, 0.29) is 5.57 Å². The first kappa shape index (κ1) is 14.2. The largest absolute Gasteiger partial charge is 0.265 e. The highest BCUT2D eigenvalue weighted by Gasteiger charge is 2.11. The van der Waals surface area contributed by atoms with Crippen LogP contribution in [0.3, 0.4) is 0 Å². The van der Waals surface area contributed by atoms with Gasteiger partial charge in [-0.15, -0.1) is 0 Å². The molecule has 0 unspecified atom stereocenters. The van der Waals surface area contributed by atoms with Crippen LogP contribution in [0.2, 0.25) is 0 Å². The number of allylic oxidation sites excluding steroid dienone is 1. The molecule has 0 radical (unpaired) electrons. The van der Waals surface area contributed by atoms with E-state index in [0.717, 1.165) is 11.3 Å². The molecule has 108 valence electrons. The summed E-state index contributed by atoms with van der Waals surface area (Å²) >= 11 is 0. The summed E-state index contributed by atoms with van der Waals surface area (Å²) < 4.78 is 1.73. The quantitative estimate of drug-likeness (QED) is 0.694. The molecule has 3 rings (SSSR count). The highest BCUT2D eigenvalue weighted by atomic mass is 15.3. The number of benzene rings is 1. The van der Waals surface area contributed by atoms with Gasteiger partial charge in [-0.1, -0.05) is 18.2 Å². The molecular formula is C18H11N5. The number of hydrogen-bond acceptors (Lipinski definition) is 4. The molecule has 0 saturated heterocycles. The molecule has 0 bridgehead atoms. The van der Waals surface area contributed by atoms with Crippen LogP contribution in [-0.2, 0) is 0 Å². The molecule has 0 aliphatic heterocycles. The van der Waals surface area contributed by atoms with Gasteiger partial charge in [0.15, 0.2) is 0 Å². The second kappa shape index (κ2) is 6.38. The standard InChI is InChI=1S/C18H11N5/c19-11-14(12-20)10-16-13-23(17-4-2-1-3-5-17)22-18(16)15-6-8-21-9-7-15/h1-10,13H. The van der Waals surface area contributed by atoms with Gasteiger partial charge >= 0.3 is 0 Å². The van der Waals surface area contributed by atoms with Gasteiger partial charge in [0.1, 0.15) is 23.4 Å². The molecule has 0 saturated carbocycles. The summed E-state index contributed by atoms with van der Waals surface area (Å²) in [4.78, 5) is 4.00. The van der Waals surface area contributed by atoms with Gasteiger partial charge < -0.3 is 0 Å². The molecule has 0 aliphatic rings. The van der Waals surface area contributed by atoms with E-state index >= 15 is 0 Å². The van der Waals surface area contributed by atoms with E-state index in [2.05, 4.69) is 10.1 Å². The van der Waals surface area contributed by atoms with Gasteiger partial charge in [-0.05, 0) is 30.3 Å². The lowest BCUT2D eigenvalue weighted by atomic mass is 10.1. The Kier molecular flexibility index (Phi) is 3.95. The number of para-hydroxylation sites is 1. The van der Waals surface area contributed by atoms with Crippen LogP contribution in [0.1, 0.15) is 5.56 Å². The fraction of sp³-hybridized carbons (Fsp3) is 0. The third-order valence-electron chi connectivity index (χ3n) is 3.26. The van der Waals surface area contributed by atoms with E-state index in [1.807, 2.05) is 54.6 Å². The van der Waals surface area contributed by atoms with Crippen molar-refractivity contribution >= 4 is 6.08 Å². The van der Waals surface area contributed by atoms with Crippen molar-refractivity contribution in [1.29, 1.82) is 10.5 Å². The summed E-state index contributed by atoms with van der Waals surface area (Å²) in [6.45, 7) is 0. The Balaban J connectivity index is 2.18. The van der Waals surface area contributed by atoms with Crippen molar-refractivity contribution in [3.63, 3.8) is 0 Å². The topological polar surface area (TPSA) is 78.3 Å². The first-order valence-electron chi connectivity index (χ1n) is 6.89. The Labute approximate surface area is 133 Å². The number of nitrogens with zero attached hydrogens (tertiary/aromatic N) is 5. The van der Waals surface area contributed by atoms with E-state index < -0.39 is 0 Å². The van der Waals surface area contributed by atoms with Gasteiger partial charge in [0.05, 0.1) is 5.69 Å². The maximum atomic E-state index is 8.99. The highest BCUT2D eigenvalue weighted by molar-refractivity contribution is 5.75. The third kappa shape index (κ3) is 2.99. The average molecular weight is 297 g/mol. The van der Waals surface area contributed by atoms with Crippen LogP contribution in [0.25, 0.3) is 23.0 Å². The van der Waals surface area contributed by atoms with Crippen LogP contribution in [-0.4, -0.2) is 14.8 Å². The minimum Gasteiger partial charge on any atom is -0.265 e. The lowest BCUT2D eigenvalue weighted by Gasteiger charge is -2.00. The molecule has 2 heterocycles. The predicted molar refractivity (Wildman–Crippen MR) is 86.0 cm³/mol. The maximum absolute atomic E-state index is 8.99. The summed E-state index contributed by atoms with van der Waals surface area (Å²) in [5.41, 5.74) is 3.21. The summed E-state index contributed by atoms with van der Waals surface area (Å²) in [6.07, 6.45) is 6.71. The second-order valence-corrected chi connectivity index (χ2v) is 4.73. The number of hydrogen-bond donors (Lipinski definition) is 0. The monoisotopic (exact) mass is 297 g/mol. The number of pyridine rings is 1. The van der Waals surface area contributed by atoms with E-state index in [9.17, 15) is 0 Å². The molecular weight excluding hydrogens is 286 g/mol. The van der Waals surface area contributed by atoms with Crippen molar-refractivity contribution in [2.45, 2.75) is 0 Å². The smallest absolute Gasteiger partial charge is 0.130 e. The normalized spacial score (nSPS) is 9.65. The maximum Gasteiger partial charge on any atom is 0.130 e. The van der Waals surface area contributed by atoms with Gasteiger partial charge in [-0.25, -0.2) is 4.68 Å². The summed E-state index contributed by atoms with van der Waals surface area (Å²) in [6, 6.07) is 17.1. The molecule has 5 heteroatoms. The zero-order valence-electron chi connectivity index (χ0n) is 12.1. The van der Waals surface area contributed by atoms with E-state index in [1.54, 1.807) is 29.3 Å². The summed E-state index contributed by atoms with van der Waals surface area (Å²) in [7, 11) is 0. The SMILES string of the molecule is N#CC(C#N)=Cc1cn(-c2ccccc2)nc1-c1ccncc1. The molecule has 0 fully saturated rings. The van der Waals surface area contributed by atoms with Crippen LogP contribution in [0, 0.1) is 22.7 Å². The number of aromatic nitrogens is 3. The zero-order valence-corrected chi connectivity index (χ0v) is 12.1. The second-order valence-electron chi connectivity index (χ2n) is 4.73. The molecule has 0 amide bonds. The minimum absolute atomic E-state index is 0.0351. The van der Waals surface area contributed by atoms with Crippen molar-refractivity contribution in [1.82, 2.24) is 14.8 Å². The number of nitriles is 2. The fourth-order valence-electron chi connectivity index (χ4n) is 2.19. The van der Waals surface area contributed by atoms with Gasteiger partial charge in [-0.3, -0.25) is 4.98 Å². The predicted octanol–water partition coefficient (Wildman–Crippen LogP) is 3.36. The highest BCUT2D eigenvalue weighted by Crippen LogP contribution is 2.25. The van der Waals surface area contributed by atoms with Crippen molar-refractivity contribution in [2.24, 2.45) is 0 Å². The van der Waals surface area contributed by atoms with Crippen LogP contribution >= 0.6 is 0 Å². The molecule has 2 aromatic heterocycles.